The van der Waals surface area contributed by atoms with Crippen LogP contribution in [0.5, 0.6) is 0 Å². The zero-order valence-electron chi connectivity index (χ0n) is 12.2. The van der Waals surface area contributed by atoms with E-state index < -0.39 is 14.9 Å². The molecule has 0 aliphatic carbocycles. The molecule has 9 heteroatoms. The van der Waals surface area contributed by atoms with Gasteiger partial charge in [0.1, 0.15) is 0 Å². The average Bonchev–Trinajstić information content (AvgIpc) is 3.09. The summed E-state index contributed by atoms with van der Waals surface area (Å²) >= 11 is 0. The first-order chi connectivity index (χ1) is 11.5. The molecule has 122 valence electrons. The summed E-state index contributed by atoms with van der Waals surface area (Å²) in [6.45, 7) is 0. The summed E-state index contributed by atoms with van der Waals surface area (Å²) in [5.41, 5.74) is 1.55. The molecule has 0 bridgehead atoms. The molecule has 3 rings (SSSR count). The Morgan fingerprint density at radius 1 is 1.12 bits per heavy atom. The molecule has 0 aliphatic heterocycles. The van der Waals surface area contributed by atoms with E-state index in [1.54, 1.807) is 30.5 Å². The van der Waals surface area contributed by atoms with Gasteiger partial charge < -0.3 is 4.98 Å². The molecule has 1 aromatic heterocycles. The monoisotopic (exact) mass is 344 g/mol. The van der Waals surface area contributed by atoms with Crippen LogP contribution in [0.4, 0.5) is 11.4 Å². The van der Waals surface area contributed by atoms with Crippen LogP contribution in [0.3, 0.4) is 0 Å². The number of nitrogens with one attached hydrogen (secondary N) is 2. The number of H-pyrrole nitrogens is 1. The van der Waals surface area contributed by atoms with Gasteiger partial charge in [0.2, 0.25) is 0 Å². The quantitative estimate of drug-likeness (QED) is 0.545. The summed E-state index contributed by atoms with van der Waals surface area (Å²) in [5, 5.41) is 10.8. The predicted molar refractivity (Wildman–Crippen MR) is 87.9 cm³/mol. The van der Waals surface area contributed by atoms with E-state index in [2.05, 4.69) is 14.7 Å². The van der Waals surface area contributed by atoms with Gasteiger partial charge in [0.15, 0.2) is 0 Å². The minimum atomic E-state index is -3.94. The Morgan fingerprint density at radius 3 is 2.62 bits per heavy atom. The molecule has 0 amide bonds. The Balaban J connectivity index is 1.91. The average molecular weight is 344 g/mol. The van der Waals surface area contributed by atoms with E-state index in [-0.39, 0.29) is 10.6 Å². The van der Waals surface area contributed by atoms with Crippen LogP contribution in [-0.2, 0) is 10.0 Å². The number of hydrogen-bond donors (Lipinski definition) is 2. The fraction of sp³-hybridized carbons (Fsp3) is 0. The smallest absolute Gasteiger partial charge is 0.270 e. The summed E-state index contributed by atoms with van der Waals surface area (Å²) in [4.78, 5) is 16.8. The third-order valence-corrected chi connectivity index (χ3v) is 4.64. The van der Waals surface area contributed by atoms with E-state index >= 15 is 0 Å². The second kappa shape index (κ2) is 6.13. The number of aromatic nitrogens is 2. The van der Waals surface area contributed by atoms with E-state index in [1.807, 2.05) is 0 Å². The highest BCUT2D eigenvalue weighted by atomic mass is 32.2. The van der Waals surface area contributed by atoms with Crippen LogP contribution in [0.2, 0.25) is 0 Å². The van der Waals surface area contributed by atoms with Crippen molar-refractivity contribution in [3.8, 4) is 11.3 Å². The SMILES string of the molecule is O=[N+]([O-])c1cccc(S(=O)(=O)Nc2cccc(-c3cnc[nH]3)c2)c1. The Bertz CT molecular complexity index is 984. The number of sulfonamides is 1. The maximum atomic E-state index is 12.4. The number of nitro benzene ring substituents is 1. The number of benzene rings is 2. The highest BCUT2D eigenvalue weighted by molar-refractivity contribution is 7.92. The Kier molecular flexibility index (Phi) is 4.00. The van der Waals surface area contributed by atoms with Gasteiger partial charge in [-0.25, -0.2) is 13.4 Å². The maximum absolute atomic E-state index is 12.4. The van der Waals surface area contributed by atoms with Gasteiger partial charge in [0.05, 0.1) is 28.0 Å². The van der Waals surface area contributed by atoms with Gasteiger partial charge in [-0.3, -0.25) is 14.8 Å². The molecule has 24 heavy (non-hydrogen) atoms. The van der Waals surface area contributed by atoms with Crippen LogP contribution in [-0.4, -0.2) is 23.3 Å². The van der Waals surface area contributed by atoms with E-state index in [1.165, 1.54) is 24.5 Å². The number of non-ortho nitro benzene ring substituents is 1. The summed E-state index contributed by atoms with van der Waals surface area (Å²) in [7, 11) is -3.94. The zero-order valence-corrected chi connectivity index (χ0v) is 13.0. The first-order valence-corrected chi connectivity index (χ1v) is 8.30. The van der Waals surface area contributed by atoms with Crippen LogP contribution in [0.1, 0.15) is 0 Å². The van der Waals surface area contributed by atoms with Crippen LogP contribution in [0.15, 0.2) is 66.0 Å². The van der Waals surface area contributed by atoms with Crippen molar-refractivity contribution < 1.29 is 13.3 Å². The Hall–Kier alpha value is -3.20. The summed E-state index contributed by atoms with van der Waals surface area (Å²) < 4.78 is 27.3. The van der Waals surface area contributed by atoms with E-state index in [0.717, 1.165) is 17.3 Å². The number of rotatable bonds is 5. The standard InChI is InChI=1S/C15H12N4O4S/c20-19(21)13-5-2-6-14(8-13)24(22,23)18-12-4-1-3-11(7-12)15-9-16-10-17-15/h1-10,18H,(H,16,17). The minimum Gasteiger partial charge on any atom is -0.345 e. The summed E-state index contributed by atoms with van der Waals surface area (Å²) in [6.07, 6.45) is 3.14. The lowest BCUT2D eigenvalue weighted by Crippen LogP contribution is -2.13. The van der Waals surface area contributed by atoms with Crippen molar-refractivity contribution in [1.82, 2.24) is 9.97 Å². The third-order valence-electron chi connectivity index (χ3n) is 3.26. The van der Waals surface area contributed by atoms with Gasteiger partial charge in [-0.15, -0.1) is 0 Å². The van der Waals surface area contributed by atoms with Gasteiger partial charge in [-0.1, -0.05) is 18.2 Å². The first-order valence-electron chi connectivity index (χ1n) is 6.82. The van der Waals surface area contributed by atoms with Crippen molar-refractivity contribution >= 4 is 21.4 Å². The zero-order chi connectivity index (χ0) is 17.2. The Morgan fingerprint density at radius 2 is 1.92 bits per heavy atom. The molecule has 1 heterocycles. The largest absolute Gasteiger partial charge is 0.345 e. The van der Waals surface area contributed by atoms with Crippen molar-refractivity contribution in [3.63, 3.8) is 0 Å². The molecule has 0 spiro atoms. The highest BCUT2D eigenvalue weighted by Gasteiger charge is 2.18. The van der Waals surface area contributed by atoms with Crippen LogP contribution < -0.4 is 4.72 Å². The number of nitro groups is 1. The lowest BCUT2D eigenvalue weighted by atomic mass is 10.1. The number of hydrogen-bond acceptors (Lipinski definition) is 5. The molecule has 0 saturated carbocycles. The molecule has 2 aromatic carbocycles. The van der Waals surface area contributed by atoms with E-state index in [9.17, 15) is 18.5 Å². The fourth-order valence-corrected chi connectivity index (χ4v) is 3.23. The molecule has 2 N–H and O–H groups in total. The van der Waals surface area contributed by atoms with Crippen molar-refractivity contribution in [2.24, 2.45) is 0 Å². The normalized spacial score (nSPS) is 11.2. The highest BCUT2D eigenvalue weighted by Crippen LogP contribution is 2.24. The lowest BCUT2D eigenvalue weighted by molar-refractivity contribution is -0.385. The molecule has 0 fully saturated rings. The summed E-state index contributed by atoms with van der Waals surface area (Å²) in [6, 6.07) is 11.6. The second-order valence-corrected chi connectivity index (χ2v) is 6.59. The van der Waals surface area contributed by atoms with Crippen molar-refractivity contribution in [1.29, 1.82) is 0 Å². The summed E-state index contributed by atoms with van der Waals surface area (Å²) in [5.74, 6) is 0. The maximum Gasteiger partial charge on any atom is 0.270 e. The molecule has 0 radical (unpaired) electrons. The van der Waals surface area contributed by atoms with Crippen LogP contribution in [0.25, 0.3) is 11.3 Å². The molecule has 0 aliphatic rings. The van der Waals surface area contributed by atoms with Gasteiger partial charge in [0.25, 0.3) is 15.7 Å². The lowest BCUT2D eigenvalue weighted by Gasteiger charge is -2.09. The first kappa shape index (κ1) is 15.7. The van der Waals surface area contributed by atoms with Crippen molar-refractivity contribution in [2.45, 2.75) is 4.90 Å². The van der Waals surface area contributed by atoms with Gasteiger partial charge >= 0.3 is 0 Å². The van der Waals surface area contributed by atoms with Crippen LogP contribution in [0, 0.1) is 10.1 Å². The van der Waals surface area contributed by atoms with Crippen molar-refractivity contribution in [2.75, 3.05) is 4.72 Å². The molecule has 8 nitrogen and oxygen atoms in total. The van der Waals surface area contributed by atoms with Crippen LogP contribution >= 0.6 is 0 Å². The number of nitrogens with zero attached hydrogens (tertiary/aromatic N) is 2. The number of aromatic amines is 1. The van der Waals surface area contributed by atoms with E-state index in [4.69, 9.17) is 0 Å². The molecular weight excluding hydrogens is 332 g/mol. The topological polar surface area (TPSA) is 118 Å². The fourth-order valence-electron chi connectivity index (χ4n) is 2.14. The molecule has 0 atom stereocenters. The number of anilines is 1. The predicted octanol–water partition coefficient (Wildman–Crippen LogP) is 2.79. The second-order valence-electron chi connectivity index (χ2n) is 4.91. The Labute approximate surface area is 137 Å². The molecular formula is C15H12N4O4S. The minimum absolute atomic E-state index is 0.177. The van der Waals surface area contributed by atoms with Gasteiger partial charge in [0, 0.05) is 23.4 Å². The van der Waals surface area contributed by atoms with Crippen molar-refractivity contribution in [3.05, 3.63) is 71.2 Å². The number of imidazole rings is 1. The molecule has 3 aromatic rings. The molecule has 0 saturated heterocycles. The molecule has 0 unspecified atom stereocenters. The van der Waals surface area contributed by atoms with Gasteiger partial charge in [-0.05, 0) is 18.2 Å². The third kappa shape index (κ3) is 3.25. The van der Waals surface area contributed by atoms with Gasteiger partial charge in [-0.2, -0.15) is 0 Å². The van der Waals surface area contributed by atoms with E-state index in [0.29, 0.717) is 5.69 Å².